The molecule has 3 aliphatic rings. The number of hydrogen-bond acceptors (Lipinski definition) is 4. The van der Waals surface area contributed by atoms with Gasteiger partial charge in [-0.05, 0) is 48.6 Å². The van der Waals surface area contributed by atoms with Crippen LogP contribution in [0.4, 0.5) is 0 Å². The van der Waals surface area contributed by atoms with Crippen molar-refractivity contribution in [2.24, 2.45) is 11.8 Å². The van der Waals surface area contributed by atoms with E-state index in [1.165, 1.54) is 24.8 Å². The van der Waals surface area contributed by atoms with E-state index in [0.29, 0.717) is 11.7 Å². The van der Waals surface area contributed by atoms with E-state index in [9.17, 15) is 4.79 Å². The molecule has 4 rings (SSSR count). The molecule has 23 heavy (non-hydrogen) atoms. The Hall–Kier alpha value is -1.77. The number of Topliss-reactive ketones (excluding diaryl/α,β-unsaturated/α-hetero) is 1. The van der Waals surface area contributed by atoms with Crippen LogP contribution in [0.3, 0.4) is 0 Å². The van der Waals surface area contributed by atoms with Crippen LogP contribution in [0.25, 0.3) is 0 Å². The zero-order valence-electron chi connectivity index (χ0n) is 13.7. The lowest BCUT2D eigenvalue weighted by Gasteiger charge is -2.53. The van der Waals surface area contributed by atoms with E-state index >= 15 is 0 Å². The van der Waals surface area contributed by atoms with Crippen LogP contribution < -0.4 is 0 Å². The normalized spacial score (nSPS) is 32.3. The molecule has 0 spiro atoms. The van der Waals surface area contributed by atoms with Crippen molar-refractivity contribution in [1.29, 1.82) is 0 Å². The zero-order valence-corrected chi connectivity index (χ0v) is 13.7. The second-order valence-electron chi connectivity index (χ2n) is 7.33. The lowest BCUT2D eigenvalue weighted by molar-refractivity contribution is -0.191. The molecule has 1 aromatic carbocycles. The van der Waals surface area contributed by atoms with Gasteiger partial charge in [-0.25, -0.2) is 0 Å². The predicted molar refractivity (Wildman–Crippen MR) is 85.0 cm³/mol. The molecule has 0 amide bonds. The molecule has 1 unspecified atom stereocenters. The number of nitrogens with zero attached hydrogens (tertiary/aromatic N) is 1. The zero-order chi connectivity index (χ0) is 16.6. The van der Waals surface area contributed by atoms with E-state index in [-0.39, 0.29) is 17.6 Å². The summed E-state index contributed by atoms with van der Waals surface area (Å²) in [6.07, 6.45) is 4.15. The molecule has 4 nitrogen and oxygen atoms in total. The van der Waals surface area contributed by atoms with E-state index in [1.807, 2.05) is 12.1 Å². The van der Waals surface area contributed by atoms with Crippen LogP contribution in [-0.4, -0.2) is 36.0 Å². The van der Waals surface area contributed by atoms with Crippen LogP contribution in [0.15, 0.2) is 24.3 Å². The van der Waals surface area contributed by atoms with Gasteiger partial charge in [-0.2, -0.15) is 9.59 Å². The first-order chi connectivity index (χ1) is 11.0. The van der Waals surface area contributed by atoms with Crippen LogP contribution in [0.2, 0.25) is 0 Å². The lowest BCUT2D eigenvalue weighted by Crippen LogP contribution is -2.61. The van der Waals surface area contributed by atoms with Crippen molar-refractivity contribution in [2.45, 2.75) is 44.6 Å². The third-order valence-corrected chi connectivity index (χ3v) is 6.06. The van der Waals surface area contributed by atoms with Crippen LogP contribution >= 0.6 is 0 Å². The Bertz CT molecular complexity index is 646. The average molecular weight is 313 g/mol. The van der Waals surface area contributed by atoms with E-state index in [1.54, 1.807) is 0 Å². The molecule has 0 N–H and O–H groups in total. The van der Waals surface area contributed by atoms with Gasteiger partial charge < -0.3 is 0 Å². The van der Waals surface area contributed by atoms with Crippen molar-refractivity contribution in [3.63, 3.8) is 0 Å². The SMILES string of the molecule is C[C@H]1C2C(=O)c3ccccc3[C@]1(C)CCN2CC1CC1.O=C=O. The summed E-state index contributed by atoms with van der Waals surface area (Å²) >= 11 is 0. The molecule has 2 bridgehead atoms. The monoisotopic (exact) mass is 313 g/mol. The standard InChI is InChI=1S/C18H23NO.CO2/c1-12-16-17(20)14-5-3-4-6-15(14)18(12,2)9-10-19(16)11-13-7-8-13;2-1-3/h3-6,12-13,16H,7-11H2,1-2H3;/t12-,16?,18+;/m0./s1. The lowest BCUT2D eigenvalue weighted by atomic mass is 9.58. The highest BCUT2D eigenvalue weighted by molar-refractivity contribution is 6.03. The Kier molecular flexibility index (Phi) is 4.22. The van der Waals surface area contributed by atoms with Gasteiger partial charge >= 0.3 is 6.15 Å². The minimum atomic E-state index is 0.115. The second-order valence-corrected chi connectivity index (χ2v) is 7.33. The number of fused-ring (bicyclic) bond motifs is 4. The summed E-state index contributed by atoms with van der Waals surface area (Å²) in [5.74, 6) is 1.65. The van der Waals surface area contributed by atoms with Crippen molar-refractivity contribution < 1.29 is 14.4 Å². The van der Waals surface area contributed by atoms with Crippen molar-refractivity contribution in [3.8, 4) is 0 Å². The van der Waals surface area contributed by atoms with Crippen LogP contribution in [0, 0.1) is 11.8 Å². The first kappa shape index (κ1) is 16.1. The Morgan fingerprint density at radius 2 is 1.91 bits per heavy atom. The number of carbonyl (C=O) groups excluding carboxylic acids is 3. The first-order valence-corrected chi connectivity index (χ1v) is 8.40. The number of ketones is 1. The average Bonchev–Trinajstić information content (AvgIpc) is 3.35. The maximum atomic E-state index is 13.0. The molecular formula is C19H23NO3. The minimum Gasteiger partial charge on any atom is -0.293 e. The number of rotatable bonds is 2. The summed E-state index contributed by atoms with van der Waals surface area (Å²) in [6.45, 7) is 6.88. The number of piperidine rings is 1. The van der Waals surface area contributed by atoms with E-state index in [0.717, 1.165) is 24.6 Å². The summed E-state index contributed by atoms with van der Waals surface area (Å²) in [5, 5.41) is 0. The summed E-state index contributed by atoms with van der Waals surface area (Å²) in [7, 11) is 0. The molecule has 1 heterocycles. The van der Waals surface area contributed by atoms with E-state index in [2.05, 4.69) is 30.9 Å². The van der Waals surface area contributed by atoms with Gasteiger partial charge in [0.25, 0.3) is 0 Å². The topological polar surface area (TPSA) is 54.5 Å². The maximum Gasteiger partial charge on any atom is 0.373 e. The van der Waals surface area contributed by atoms with Gasteiger partial charge in [-0.1, -0.05) is 38.1 Å². The fourth-order valence-electron chi connectivity index (χ4n) is 4.37. The largest absolute Gasteiger partial charge is 0.373 e. The number of carbonyl (C=O) groups is 1. The third-order valence-electron chi connectivity index (χ3n) is 6.06. The second kappa shape index (κ2) is 6.03. The third kappa shape index (κ3) is 2.66. The molecule has 1 aliphatic heterocycles. The van der Waals surface area contributed by atoms with Gasteiger partial charge in [0.2, 0.25) is 0 Å². The van der Waals surface area contributed by atoms with Gasteiger partial charge in [0.05, 0.1) is 6.04 Å². The molecule has 1 saturated carbocycles. The van der Waals surface area contributed by atoms with Gasteiger partial charge in [0.1, 0.15) is 0 Å². The molecule has 1 aromatic rings. The smallest absolute Gasteiger partial charge is 0.293 e. The minimum absolute atomic E-state index is 0.115. The molecule has 2 fully saturated rings. The number of hydrogen-bond donors (Lipinski definition) is 0. The highest BCUT2D eigenvalue weighted by Gasteiger charge is 2.52. The van der Waals surface area contributed by atoms with Crippen molar-refractivity contribution >= 4 is 11.9 Å². The summed E-state index contributed by atoms with van der Waals surface area (Å²) < 4.78 is 0. The van der Waals surface area contributed by atoms with Crippen LogP contribution in [0.5, 0.6) is 0 Å². The van der Waals surface area contributed by atoms with Crippen molar-refractivity contribution in [3.05, 3.63) is 35.4 Å². The Morgan fingerprint density at radius 3 is 2.57 bits per heavy atom. The highest BCUT2D eigenvalue weighted by atomic mass is 16.2. The fraction of sp³-hybridized carbons (Fsp3) is 0.579. The Balaban J connectivity index is 0.000000485. The molecule has 2 aliphatic carbocycles. The molecule has 4 heteroatoms. The molecular weight excluding hydrogens is 290 g/mol. The fourth-order valence-corrected chi connectivity index (χ4v) is 4.37. The van der Waals surface area contributed by atoms with Gasteiger partial charge in [0.15, 0.2) is 5.78 Å². The number of benzene rings is 1. The number of likely N-dealkylation sites (tertiary alicyclic amines) is 1. The molecule has 0 aromatic heterocycles. The quantitative estimate of drug-likeness (QED) is 0.842. The maximum absolute atomic E-state index is 13.0. The molecule has 0 radical (unpaired) electrons. The molecule has 1 saturated heterocycles. The first-order valence-electron chi connectivity index (χ1n) is 8.40. The van der Waals surface area contributed by atoms with Crippen molar-refractivity contribution in [1.82, 2.24) is 4.90 Å². The van der Waals surface area contributed by atoms with Crippen LogP contribution in [-0.2, 0) is 15.0 Å². The van der Waals surface area contributed by atoms with Gasteiger partial charge in [-0.15, -0.1) is 0 Å². The van der Waals surface area contributed by atoms with E-state index < -0.39 is 0 Å². The Morgan fingerprint density at radius 1 is 1.26 bits per heavy atom. The summed E-state index contributed by atoms with van der Waals surface area (Å²) in [4.78, 5) is 31.7. The summed E-state index contributed by atoms with van der Waals surface area (Å²) in [6, 6.07) is 8.42. The predicted octanol–water partition coefficient (Wildman–Crippen LogP) is 2.68. The molecule has 3 atom stereocenters. The summed E-state index contributed by atoms with van der Waals surface area (Å²) in [5.41, 5.74) is 2.45. The molecule has 122 valence electrons. The highest BCUT2D eigenvalue weighted by Crippen LogP contribution is 2.49. The van der Waals surface area contributed by atoms with Crippen molar-refractivity contribution in [2.75, 3.05) is 13.1 Å². The Labute approximate surface area is 136 Å². The van der Waals surface area contributed by atoms with Gasteiger partial charge in [-0.3, -0.25) is 9.69 Å². The van der Waals surface area contributed by atoms with E-state index in [4.69, 9.17) is 9.59 Å². The van der Waals surface area contributed by atoms with Gasteiger partial charge in [0, 0.05) is 12.1 Å². The van der Waals surface area contributed by atoms with Crippen LogP contribution in [0.1, 0.15) is 49.0 Å².